The average molecular weight is 441 g/mol. The molecule has 2 amide bonds. The molecule has 7 nitrogen and oxygen atoms in total. The summed E-state index contributed by atoms with van der Waals surface area (Å²) in [4.78, 5) is 32.4. The number of aromatic nitrogens is 2. The van der Waals surface area contributed by atoms with E-state index in [0.717, 1.165) is 4.47 Å². The lowest BCUT2D eigenvalue weighted by Crippen LogP contribution is -2.27. The standard InChI is InChI=1S/C20H17BrN4O3/c21-15-6-4-13(5-7-15)20(28)22-9-8-18(27)25-16-11-23-19(24-12-16)14-2-1-3-17(26)10-14/h1-7,10-12,26H,8-9H2,(H,22,28)(H,25,27). The maximum absolute atomic E-state index is 12.0. The summed E-state index contributed by atoms with van der Waals surface area (Å²) in [5.41, 5.74) is 1.65. The Hall–Kier alpha value is -3.26. The summed E-state index contributed by atoms with van der Waals surface area (Å²) in [5, 5.41) is 14.9. The van der Waals surface area contributed by atoms with Gasteiger partial charge >= 0.3 is 0 Å². The fraction of sp³-hybridized carbons (Fsp3) is 0.100. The first-order chi connectivity index (χ1) is 13.5. The number of anilines is 1. The minimum absolute atomic E-state index is 0.122. The number of nitrogens with one attached hydrogen (secondary N) is 2. The topological polar surface area (TPSA) is 104 Å². The molecule has 0 fully saturated rings. The molecule has 0 saturated carbocycles. The Balaban J connectivity index is 1.48. The highest BCUT2D eigenvalue weighted by molar-refractivity contribution is 9.10. The fourth-order valence-electron chi connectivity index (χ4n) is 2.40. The van der Waals surface area contributed by atoms with Crippen molar-refractivity contribution in [2.45, 2.75) is 6.42 Å². The Morgan fingerprint density at radius 2 is 1.75 bits per heavy atom. The van der Waals surface area contributed by atoms with E-state index in [1.54, 1.807) is 48.5 Å². The van der Waals surface area contributed by atoms with Crippen LogP contribution in [0.5, 0.6) is 5.75 Å². The van der Waals surface area contributed by atoms with E-state index < -0.39 is 0 Å². The molecule has 1 aromatic heterocycles. The summed E-state index contributed by atoms with van der Waals surface area (Å²) in [7, 11) is 0. The van der Waals surface area contributed by atoms with Gasteiger partial charge in [-0.15, -0.1) is 0 Å². The molecular weight excluding hydrogens is 424 g/mol. The molecule has 2 aromatic carbocycles. The molecule has 0 saturated heterocycles. The molecule has 28 heavy (non-hydrogen) atoms. The highest BCUT2D eigenvalue weighted by atomic mass is 79.9. The predicted octanol–water partition coefficient (Wildman–Crippen LogP) is 3.37. The van der Waals surface area contributed by atoms with Crippen LogP contribution in [0.25, 0.3) is 11.4 Å². The van der Waals surface area contributed by atoms with Gasteiger partial charge in [0.15, 0.2) is 5.82 Å². The Kier molecular flexibility index (Phi) is 6.33. The molecule has 0 spiro atoms. The van der Waals surface area contributed by atoms with Crippen molar-refractivity contribution in [1.29, 1.82) is 0 Å². The van der Waals surface area contributed by atoms with Gasteiger partial charge in [0.25, 0.3) is 5.91 Å². The van der Waals surface area contributed by atoms with Gasteiger partial charge in [0.1, 0.15) is 5.75 Å². The van der Waals surface area contributed by atoms with E-state index in [0.29, 0.717) is 22.6 Å². The predicted molar refractivity (Wildman–Crippen MR) is 109 cm³/mol. The second-order valence-electron chi connectivity index (χ2n) is 5.91. The maximum atomic E-state index is 12.0. The number of hydrogen-bond donors (Lipinski definition) is 3. The molecule has 8 heteroatoms. The molecule has 3 aromatic rings. The van der Waals surface area contributed by atoms with Gasteiger partial charge in [-0.2, -0.15) is 0 Å². The number of rotatable bonds is 6. The fourth-order valence-corrected chi connectivity index (χ4v) is 2.67. The lowest BCUT2D eigenvalue weighted by molar-refractivity contribution is -0.116. The van der Waals surface area contributed by atoms with E-state index in [1.807, 2.05) is 0 Å². The summed E-state index contributed by atoms with van der Waals surface area (Å²) in [5.74, 6) is 0.0724. The van der Waals surface area contributed by atoms with Gasteiger partial charge in [0.05, 0.1) is 18.1 Å². The van der Waals surface area contributed by atoms with Gasteiger partial charge in [-0.1, -0.05) is 28.1 Å². The minimum Gasteiger partial charge on any atom is -0.508 e. The van der Waals surface area contributed by atoms with Crippen molar-refractivity contribution in [2.75, 3.05) is 11.9 Å². The molecule has 1 heterocycles. The van der Waals surface area contributed by atoms with Crippen molar-refractivity contribution >= 4 is 33.4 Å². The molecule has 0 bridgehead atoms. The van der Waals surface area contributed by atoms with Crippen molar-refractivity contribution in [3.05, 3.63) is 71.0 Å². The zero-order valence-corrected chi connectivity index (χ0v) is 16.3. The number of carbonyl (C=O) groups is 2. The molecule has 3 rings (SSSR count). The molecule has 3 N–H and O–H groups in total. The average Bonchev–Trinajstić information content (AvgIpc) is 2.69. The van der Waals surface area contributed by atoms with Crippen LogP contribution in [0.1, 0.15) is 16.8 Å². The van der Waals surface area contributed by atoms with Crippen molar-refractivity contribution < 1.29 is 14.7 Å². The molecule has 0 aliphatic rings. The number of halogens is 1. The second kappa shape index (κ2) is 9.09. The highest BCUT2D eigenvalue weighted by Gasteiger charge is 2.08. The highest BCUT2D eigenvalue weighted by Crippen LogP contribution is 2.20. The number of aromatic hydroxyl groups is 1. The van der Waals surface area contributed by atoms with Gasteiger partial charge in [-0.3, -0.25) is 9.59 Å². The molecular formula is C20H17BrN4O3. The van der Waals surface area contributed by atoms with Crippen molar-refractivity contribution in [3.8, 4) is 17.1 Å². The van der Waals surface area contributed by atoms with E-state index in [1.165, 1.54) is 12.4 Å². The molecule has 0 aliphatic carbocycles. The Morgan fingerprint density at radius 1 is 1.04 bits per heavy atom. The normalized spacial score (nSPS) is 10.3. The summed E-state index contributed by atoms with van der Waals surface area (Å²) in [6.45, 7) is 0.211. The number of amides is 2. The summed E-state index contributed by atoms with van der Waals surface area (Å²) >= 11 is 3.31. The number of hydrogen-bond acceptors (Lipinski definition) is 5. The van der Waals surface area contributed by atoms with E-state index in [4.69, 9.17) is 0 Å². The number of phenols is 1. The van der Waals surface area contributed by atoms with Crippen LogP contribution in [0.3, 0.4) is 0 Å². The number of carbonyl (C=O) groups excluding carboxylic acids is 2. The number of nitrogens with zero attached hydrogens (tertiary/aromatic N) is 2. The largest absolute Gasteiger partial charge is 0.508 e. The van der Waals surface area contributed by atoms with Gasteiger partial charge in [0, 0.05) is 28.6 Å². The van der Waals surface area contributed by atoms with Crippen LogP contribution in [0.2, 0.25) is 0 Å². The van der Waals surface area contributed by atoms with Gasteiger partial charge < -0.3 is 15.7 Å². The lowest BCUT2D eigenvalue weighted by atomic mass is 10.2. The summed E-state index contributed by atoms with van der Waals surface area (Å²) in [6.07, 6.45) is 3.10. The Morgan fingerprint density at radius 3 is 2.43 bits per heavy atom. The Labute approximate surface area is 170 Å². The van der Waals surface area contributed by atoms with Crippen molar-refractivity contribution in [1.82, 2.24) is 15.3 Å². The zero-order valence-electron chi connectivity index (χ0n) is 14.7. The summed E-state index contributed by atoms with van der Waals surface area (Å²) < 4.78 is 0.890. The lowest BCUT2D eigenvalue weighted by Gasteiger charge is -2.07. The molecule has 0 atom stereocenters. The molecule has 0 radical (unpaired) electrons. The number of benzene rings is 2. The second-order valence-corrected chi connectivity index (χ2v) is 6.82. The van der Waals surface area contributed by atoms with Crippen LogP contribution in [0, 0.1) is 0 Å². The van der Waals surface area contributed by atoms with E-state index in [9.17, 15) is 14.7 Å². The molecule has 142 valence electrons. The third kappa shape index (κ3) is 5.37. The van der Waals surface area contributed by atoms with Crippen LogP contribution >= 0.6 is 15.9 Å². The third-order valence-electron chi connectivity index (χ3n) is 3.78. The zero-order chi connectivity index (χ0) is 19.9. The van der Waals surface area contributed by atoms with Crippen LogP contribution in [0.15, 0.2) is 65.4 Å². The summed E-state index contributed by atoms with van der Waals surface area (Å²) in [6, 6.07) is 13.6. The number of phenolic OH excluding ortho intramolecular Hbond substituents is 1. The van der Waals surface area contributed by atoms with Gasteiger partial charge in [-0.05, 0) is 36.4 Å². The van der Waals surface area contributed by atoms with Crippen molar-refractivity contribution in [3.63, 3.8) is 0 Å². The van der Waals surface area contributed by atoms with E-state index >= 15 is 0 Å². The monoisotopic (exact) mass is 440 g/mol. The SMILES string of the molecule is O=C(CCNC(=O)c1ccc(Br)cc1)Nc1cnc(-c2cccc(O)c2)nc1. The first-order valence-electron chi connectivity index (χ1n) is 8.46. The van der Waals surface area contributed by atoms with E-state index in [2.05, 4.69) is 36.5 Å². The van der Waals surface area contributed by atoms with Crippen molar-refractivity contribution in [2.24, 2.45) is 0 Å². The first-order valence-corrected chi connectivity index (χ1v) is 9.25. The van der Waals surface area contributed by atoms with Crippen LogP contribution in [-0.2, 0) is 4.79 Å². The smallest absolute Gasteiger partial charge is 0.251 e. The quantitative estimate of drug-likeness (QED) is 0.544. The van der Waals surface area contributed by atoms with E-state index in [-0.39, 0.29) is 30.5 Å². The maximum Gasteiger partial charge on any atom is 0.251 e. The van der Waals surface area contributed by atoms with Gasteiger partial charge in [-0.25, -0.2) is 9.97 Å². The minimum atomic E-state index is -0.259. The van der Waals surface area contributed by atoms with Crippen LogP contribution < -0.4 is 10.6 Å². The Bertz CT molecular complexity index is 976. The molecule has 0 unspecified atom stereocenters. The van der Waals surface area contributed by atoms with Gasteiger partial charge in [0.2, 0.25) is 5.91 Å². The molecule has 0 aliphatic heterocycles. The third-order valence-corrected chi connectivity index (χ3v) is 4.31. The van der Waals surface area contributed by atoms with Crippen LogP contribution in [-0.4, -0.2) is 33.4 Å². The first kappa shape index (κ1) is 19.5. The van der Waals surface area contributed by atoms with Crippen LogP contribution in [0.4, 0.5) is 5.69 Å².